The topological polar surface area (TPSA) is 53.6 Å². The number of carbonyl (C=O) groups is 1. The Balaban J connectivity index is 1.76. The number of para-hydroxylation sites is 2. The molecule has 1 aromatic rings. The van der Waals surface area contributed by atoms with Crippen molar-refractivity contribution >= 4 is 11.7 Å². The Bertz CT molecular complexity index is 497. The summed E-state index contributed by atoms with van der Waals surface area (Å²) in [6.45, 7) is 9.96. The second kappa shape index (κ2) is 8.77. The Morgan fingerprint density at radius 3 is 2.65 bits per heavy atom. The van der Waals surface area contributed by atoms with Crippen molar-refractivity contribution in [1.29, 1.82) is 0 Å². The molecule has 0 aliphatic carbocycles. The van der Waals surface area contributed by atoms with Crippen molar-refractivity contribution in [2.45, 2.75) is 39.7 Å². The summed E-state index contributed by atoms with van der Waals surface area (Å²) in [7, 11) is 0. The number of rotatable bonds is 6. The van der Waals surface area contributed by atoms with Crippen molar-refractivity contribution < 1.29 is 9.53 Å². The third kappa shape index (κ3) is 5.43. The molecule has 0 atom stereocenters. The van der Waals surface area contributed by atoms with Gasteiger partial charge in [-0.1, -0.05) is 12.1 Å². The summed E-state index contributed by atoms with van der Waals surface area (Å²) in [6, 6.07) is 7.95. The highest BCUT2D eigenvalue weighted by molar-refractivity contribution is 5.90. The number of urea groups is 1. The van der Waals surface area contributed by atoms with Gasteiger partial charge >= 0.3 is 6.03 Å². The third-order valence-electron chi connectivity index (χ3n) is 4.37. The molecule has 0 saturated carbocycles. The smallest absolute Gasteiger partial charge is 0.319 e. The molecule has 2 rings (SSSR count). The lowest BCUT2D eigenvalue weighted by Gasteiger charge is -2.34. The number of benzene rings is 1. The van der Waals surface area contributed by atoms with E-state index in [1.807, 2.05) is 31.2 Å². The van der Waals surface area contributed by atoms with Crippen LogP contribution in [-0.2, 0) is 0 Å². The average molecular weight is 319 g/mol. The number of piperidine rings is 1. The Morgan fingerprint density at radius 2 is 2.00 bits per heavy atom. The van der Waals surface area contributed by atoms with E-state index in [1.165, 1.54) is 0 Å². The SMILES string of the molecule is CCOc1ccccc1NC(=O)NCC1CCN(C(C)C)CC1. The van der Waals surface area contributed by atoms with Gasteiger partial charge in [-0.2, -0.15) is 0 Å². The number of carbonyl (C=O) groups excluding carboxylic acids is 1. The summed E-state index contributed by atoms with van der Waals surface area (Å²) in [6.07, 6.45) is 2.29. The van der Waals surface area contributed by atoms with E-state index in [-0.39, 0.29) is 6.03 Å². The van der Waals surface area contributed by atoms with Gasteiger partial charge in [0.15, 0.2) is 0 Å². The first-order valence-electron chi connectivity index (χ1n) is 8.61. The van der Waals surface area contributed by atoms with Gasteiger partial charge in [-0.3, -0.25) is 0 Å². The molecule has 0 radical (unpaired) electrons. The van der Waals surface area contributed by atoms with Crippen LogP contribution < -0.4 is 15.4 Å². The molecule has 0 spiro atoms. The number of anilines is 1. The highest BCUT2D eigenvalue weighted by Crippen LogP contribution is 2.23. The van der Waals surface area contributed by atoms with Gasteiger partial charge in [0.25, 0.3) is 0 Å². The molecular weight excluding hydrogens is 290 g/mol. The molecule has 0 unspecified atom stereocenters. The van der Waals surface area contributed by atoms with Crippen LogP contribution >= 0.6 is 0 Å². The van der Waals surface area contributed by atoms with Gasteiger partial charge in [0, 0.05) is 12.6 Å². The number of ether oxygens (including phenoxy) is 1. The normalized spacial score (nSPS) is 16.3. The van der Waals surface area contributed by atoms with Crippen LogP contribution in [0.15, 0.2) is 24.3 Å². The molecule has 0 bridgehead atoms. The lowest BCUT2D eigenvalue weighted by atomic mass is 9.96. The zero-order valence-electron chi connectivity index (χ0n) is 14.5. The van der Waals surface area contributed by atoms with Gasteiger partial charge in [0.05, 0.1) is 12.3 Å². The molecule has 2 amide bonds. The Kier molecular flexibility index (Phi) is 6.71. The molecule has 2 N–H and O–H groups in total. The van der Waals surface area contributed by atoms with Gasteiger partial charge < -0.3 is 20.3 Å². The molecule has 1 heterocycles. The maximum absolute atomic E-state index is 12.1. The molecule has 1 saturated heterocycles. The van der Waals surface area contributed by atoms with Crippen molar-refractivity contribution in [2.24, 2.45) is 5.92 Å². The maximum atomic E-state index is 12.1. The van der Waals surface area contributed by atoms with E-state index in [9.17, 15) is 4.79 Å². The van der Waals surface area contributed by atoms with Crippen LogP contribution in [0, 0.1) is 5.92 Å². The molecule has 1 aromatic carbocycles. The van der Waals surface area contributed by atoms with Crippen LogP contribution in [0.1, 0.15) is 33.6 Å². The predicted octanol–water partition coefficient (Wildman–Crippen LogP) is 3.33. The van der Waals surface area contributed by atoms with Crippen LogP contribution in [0.4, 0.5) is 10.5 Å². The van der Waals surface area contributed by atoms with Crippen LogP contribution in [-0.4, -0.2) is 43.2 Å². The first-order valence-corrected chi connectivity index (χ1v) is 8.61. The zero-order valence-corrected chi connectivity index (χ0v) is 14.5. The summed E-state index contributed by atoms with van der Waals surface area (Å²) in [4.78, 5) is 14.6. The van der Waals surface area contributed by atoms with E-state index in [2.05, 4.69) is 29.4 Å². The van der Waals surface area contributed by atoms with Crippen molar-refractivity contribution in [2.75, 3.05) is 31.6 Å². The average Bonchev–Trinajstić information content (AvgIpc) is 2.55. The van der Waals surface area contributed by atoms with Crippen molar-refractivity contribution in [3.8, 4) is 5.75 Å². The zero-order chi connectivity index (χ0) is 16.7. The highest BCUT2D eigenvalue weighted by atomic mass is 16.5. The Hall–Kier alpha value is -1.75. The molecule has 23 heavy (non-hydrogen) atoms. The molecule has 128 valence electrons. The Morgan fingerprint density at radius 1 is 1.30 bits per heavy atom. The van der Waals surface area contributed by atoms with E-state index < -0.39 is 0 Å². The van der Waals surface area contributed by atoms with E-state index in [1.54, 1.807) is 0 Å². The lowest BCUT2D eigenvalue weighted by Crippen LogP contribution is -2.42. The first-order chi connectivity index (χ1) is 11.1. The largest absolute Gasteiger partial charge is 0.492 e. The minimum Gasteiger partial charge on any atom is -0.492 e. The maximum Gasteiger partial charge on any atom is 0.319 e. The summed E-state index contributed by atoms with van der Waals surface area (Å²) < 4.78 is 5.52. The van der Waals surface area contributed by atoms with E-state index in [0.717, 1.165) is 32.5 Å². The number of nitrogens with one attached hydrogen (secondary N) is 2. The van der Waals surface area contributed by atoms with E-state index in [4.69, 9.17) is 4.74 Å². The molecule has 1 aliphatic rings. The number of hydrogen-bond donors (Lipinski definition) is 2. The Labute approximate surface area is 139 Å². The van der Waals surface area contributed by atoms with Crippen LogP contribution in [0.5, 0.6) is 5.75 Å². The number of likely N-dealkylation sites (tertiary alicyclic amines) is 1. The quantitative estimate of drug-likeness (QED) is 0.845. The van der Waals surface area contributed by atoms with Crippen LogP contribution in [0.2, 0.25) is 0 Å². The molecule has 1 aliphatic heterocycles. The van der Waals surface area contributed by atoms with Gasteiger partial charge in [0.1, 0.15) is 5.75 Å². The fourth-order valence-electron chi connectivity index (χ4n) is 2.93. The van der Waals surface area contributed by atoms with Crippen LogP contribution in [0.3, 0.4) is 0 Å². The second-order valence-electron chi connectivity index (χ2n) is 6.34. The third-order valence-corrected chi connectivity index (χ3v) is 4.37. The second-order valence-corrected chi connectivity index (χ2v) is 6.34. The fraction of sp³-hybridized carbons (Fsp3) is 0.611. The number of nitrogens with zero attached hydrogens (tertiary/aromatic N) is 1. The number of amides is 2. The summed E-state index contributed by atoms with van der Waals surface area (Å²) >= 11 is 0. The fourth-order valence-corrected chi connectivity index (χ4v) is 2.93. The molecular formula is C18H29N3O2. The minimum absolute atomic E-state index is 0.163. The summed E-state index contributed by atoms with van der Waals surface area (Å²) in [5, 5.41) is 5.87. The van der Waals surface area contributed by atoms with Gasteiger partial charge in [0.2, 0.25) is 0 Å². The molecule has 5 heteroatoms. The molecule has 0 aromatic heterocycles. The van der Waals surface area contributed by atoms with E-state index >= 15 is 0 Å². The summed E-state index contributed by atoms with van der Waals surface area (Å²) in [5.74, 6) is 1.27. The van der Waals surface area contributed by atoms with Crippen LogP contribution in [0.25, 0.3) is 0 Å². The van der Waals surface area contributed by atoms with Crippen molar-refractivity contribution in [3.63, 3.8) is 0 Å². The molecule has 1 fully saturated rings. The lowest BCUT2D eigenvalue weighted by molar-refractivity contribution is 0.149. The van der Waals surface area contributed by atoms with Gasteiger partial charge in [-0.25, -0.2) is 4.79 Å². The van der Waals surface area contributed by atoms with Gasteiger partial charge in [-0.05, 0) is 64.8 Å². The van der Waals surface area contributed by atoms with E-state index in [0.29, 0.717) is 30.0 Å². The molecule has 5 nitrogen and oxygen atoms in total. The standard InChI is InChI=1S/C18H29N3O2/c1-4-23-17-8-6-5-7-16(17)20-18(22)19-13-15-9-11-21(12-10-15)14(2)3/h5-8,14-15H,4,9-13H2,1-3H3,(H2,19,20,22). The minimum atomic E-state index is -0.163. The first kappa shape index (κ1) is 17.6. The van der Waals surface area contributed by atoms with Gasteiger partial charge in [-0.15, -0.1) is 0 Å². The van der Waals surface area contributed by atoms with Crippen molar-refractivity contribution in [1.82, 2.24) is 10.2 Å². The highest BCUT2D eigenvalue weighted by Gasteiger charge is 2.21. The number of hydrogen-bond acceptors (Lipinski definition) is 3. The monoisotopic (exact) mass is 319 g/mol. The predicted molar refractivity (Wildman–Crippen MR) is 94.1 cm³/mol. The summed E-state index contributed by atoms with van der Waals surface area (Å²) in [5.41, 5.74) is 0.710. The van der Waals surface area contributed by atoms with Crippen molar-refractivity contribution in [3.05, 3.63) is 24.3 Å².